The van der Waals surface area contributed by atoms with E-state index in [2.05, 4.69) is 5.32 Å². The van der Waals surface area contributed by atoms with Gasteiger partial charge in [-0.3, -0.25) is 18.7 Å². The normalized spacial score (nSPS) is 26.2. The second-order valence-corrected chi connectivity index (χ2v) is 7.40. The topological polar surface area (TPSA) is 66.5 Å². The van der Waals surface area contributed by atoms with Crippen LogP contribution in [0.25, 0.3) is 0 Å². The molecule has 114 valence electrons. The zero-order valence-corrected chi connectivity index (χ0v) is 12.9. The van der Waals surface area contributed by atoms with E-state index in [1.54, 1.807) is 0 Å². The van der Waals surface area contributed by atoms with Crippen LogP contribution in [0.15, 0.2) is 0 Å². The Bertz CT molecular complexity index is 394. The van der Waals surface area contributed by atoms with Crippen molar-refractivity contribution in [2.24, 2.45) is 0 Å². The first kappa shape index (κ1) is 15.6. The number of hydrogen-bond donors (Lipinski definition) is 1. The van der Waals surface area contributed by atoms with E-state index in [9.17, 15) is 13.8 Å². The Balaban J connectivity index is 1.86. The molecule has 0 bridgehead atoms. The molecule has 1 saturated heterocycles. The van der Waals surface area contributed by atoms with E-state index in [1.165, 1.54) is 11.3 Å². The van der Waals surface area contributed by atoms with Crippen LogP contribution in [0.5, 0.6) is 0 Å². The van der Waals surface area contributed by atoms with Crippen LogP contribution >= 0.6 is 0 Å². The molecule has 2 unspecified atom stereocenters. The van der Waals surface area contributed by atoms with Crippen molar-refractivity contribution in [2.75, 3.05) is 18.1 Å². The summed E-state index contributed by atoms with van der Waals surface area (Å²) in [5.41, 5.74) is 0. The molecule has 2 aliphatic rings. The molecule has 2 rings (SSSR count). The first-order valence-corrected chi connectivity index (χ1v) is 9.06. The van der Waals surface area contributed by atoms with Crippen LogP contribution in [0.3, 0.4) is 0 Å². The molecular weight excluding hydrogens is 276 g/mol. The van der Waals surface area contributed by atoms with Crippen LogP contribution < -0.4 is 5.32 Å². The van der Waals surface area contributed by atoms with E-state index in [0.717, 1.165) is 25.7 Å². The summed E-state index contributed by atoms with van der Waals surface area (Å²) >= 11 is 0. The monoisotopic (exact) mass is 300 g/mol. The van der Waals surface area contributed by atoms with Crippen LogP contribution in [0.1, 0.15) is 45.4 Å². The maximum absolute atomic E-state index is 12.3. The molecule has 0 aromatic heterocycles. The number of carbonyl (C=O) groups is 2. The molecule has 2 amide bonds. The highest BCUT2D eigenvalue weighted by Gasteiger charge is 2.42. The average Bonchev–Trinajstić information content (AvgIpc) is 2.74. The summed E-state index contributed by atoms with van der Waals surface area (Å²) in [4.78, 5) is 25.9. The number of nitrogens with one attached hydrogen (secondary N) is 1. The Morgan fingerprint density at radius 2 is 1.95 bits per heavy atom. The highest BCUT2D eigenvalue weighted by atomic mass is 32.2. The molecule has 0 aromatic rings. The van der Waals surface area contributed by atoms with Crippen molar-refractivity contribution in [3.63, 3.8) is 0 Å². The molecule has 0 spiro atoms. The van der Waals surface area contributed by atoms with Gasteiger partial charge in [0.1, 0.15) is 0 Å². The van der Waals surface area contributed by atoms with Crippen molar-refractivity contribution in [2.45, 2.75) is 57.5 Å². The largest absolute Gasteiger partial charge is 0.305 e. The maximum atomic E-state index is 12.3. The average molecular weight is 300 g/mol. The third-order valence-electron chi connectivity index (χ3n) is 4.17. The SMILES string of the molecule is CCS(=O)CCNC1CC(=O)N(C2CCCCC2)C1=O. The lowest BCUT2D eigenvalue weighted by Gasteiger charge is -2.29. The Morgan fingerprint density at radius 1 is 1.25 bits per heavy atom. The molecule has 0 aromatic carbocycles. The number of imide groups is 1. The molecule has 5 nitrogen and oxygen atoms in total. The molecule has 6 heteroatoms. The predicted octanol–water partition coefficient (Wildman–Crippen LogP) is 0.805. The number of likely N-dealkylation sites (tertiary alicyclic amines) is 1. The van der Waals surface area contributed by atoms with Gasteiger partial charge in [0.15, 0.2) is 0 Å². The summed E-state index contributed by atoms with van der Waals surface area (Å²) in [7, 11) is -0.832. The highest BCUT2D eigenvalue weighted by Crippen LogP contribution is 2.27. The number of rotatable bonds is 6. The zero-order valence-electron chi connectivity index (χ0n) is 12.1. The highest BCUT2D eigenvalue weighted by molar-refractivity contribution is 7.84. The lowest BCUT2D eigenvalue weighted by molar-refractivity contribution is -0.142. The molecular formula is C14H24N2O3S. The Labute approximate surface area is 122 Å². The molecule has 20 heavy (non-hydrogen) atoms. The van der Waals surface area contributed by atoms with Gasteiger partial charge in [-0.05, 0) is 12.8 Å². The smallest absolute Gasteiger partial charge is 0.247 e. The molecule has 1 N–H and O–H groups in total. The van der Waals surface area contributed by atoms with Gasteiger partial charge in [-0.2, -0.15) is 0 Å². The van der Waals surface area contributed by atoms with Crippen molar-refractivity contribution in [1.29, 1.82) is 0 Å². The lowest BCUT2D eigenvalue weighted by Crippen LogP contribution is -2.45. The van der Waals surface area contributed by atoms with E-state index in [0.29, 0.717) is 18.1 Å². The van der Waals surface area contributed by atoms with Gasteiger partial charge in [-0.15, -0.1) is 0 Å². The summed E-state index contributed by atoms with van der Waals surface area (Å²) < 4.78 is 11.4. The van der Waals surface area contributed by atoms with Gasteiger partial charge in [0.2, 0.25) is 11.8 Å². The fraction of sp³-hybridized carbons (Fsp3) is 0.857. The minimum Gasteiger partial charge on any atom is -0.305 e. The molecule has 2 atom stereocenters. The Hall–Kier alpha value is -0.750. The van der Waals surface area contributed by atoms with Gasteiger partial charge >= 0.3 is 0 Å². The van der Waals surface area contributed by atoms with Gasteiger partial charge in [-0.1, -0.05) is 26.2 Å². The third-order valence-corrected chi connectivity index (χ3v) is 5.47. The fourth-order valence-corrected chi connectivity index (χ4v) is 3.66. The summed E-state index contributed by atoms with van der Waals surface area (Å²) in [6.07, 6.45) is 5.57. The Morgan fingerprint density at radius 3 is 2.60 bits per heavy atom. The van der Waals surface area contributed by atoms with Crippen LogP contribution in [-0.2, 0) is 20.4 Å². The molecule has 1 aliphatic heterocycles. The quantitative estimate of drug-likeness (QED) is 0.737. The zero-order chi connectivity index (χ0) is 14.5. The van der Waals surface area contributed by atoms with Crippen molar-refractivity contribution >= 4 is 22.6 Å². The summed E-state index contributed by atoms with van der Waals surface area (Å²) in [6.45, 7) is 2.41. The van der Waals surface area contributed by atoms with Gasteiger partial charge in [0.05, 0.1) is 12.5 Å². The molecule has 2 fully saturated rings. The van der Waals surface area contributed by atoms with Crippen LogP contribution in [-0.4, -0.2) is 51.1 Å². The van der Waals surface area contributed by atoms with Crippen LogP contribution in [0.4, 0.5) is 0 Å². The van der Waals surface area contributed by atoms with E-state index in [4.69, 9.17) is 0 Å². The van der Waals surface area contributed by atoms with Crippen molar-refractivity contribution in [3.8, 4) is 0 Å². The lowest BCUT2D eigenvalue weighted by atomic mass is 9.94. The minimum atomic E-state index is -0.832. The van der Waals surface area contributed by atoms with E-state index < -0.39 is 16.8 Å². The molecule has 0 radical (unpaired) electrons. The summed E-state index contributed by atoms with van der Waals surface area (Å²) in [6, 6.07) is -0.293. The first-order chi connectivity index (χ1) is 9.63. The van der Waals surface area contributed by atoms with Crippen LogP contribution in [0, 0.1) is 0 Å². The van der Waals surface area contributed by atoms with Crippen molar-refractivity contribution in [3.05, 3.63) is 0 Å². The van der Waals surface area contributed by atoms with Gasteiger partial charge in [-0.25, -0.2) is 0 Å². The minimum absolute atomic E-state index is 0.0454. The third kappa shape index (κ3) is 3.67. The van der Waals surface area contributed by atoms with Gasteiger partial charge in [0, 0.05) is 34.9 Å². The predicted molar refractivity (Wildman–Crippen MR) is 78.7 cm³/mol. The second-order valence-electron chi connectivity index (χ2n) is 5.54. The van der Waals surface area contributed by atoms with Crippen LogP contribution in [0.2, 0.25) is 0 Å². The van der Waals surface area contributed by atoms with E-state index >= 15 is 0 Å². The van der Waals surface area contributed by atoms with Gasteiger partial charge in [0.25, 0.3) is 0 Å². The van der Waals surface area contributed by atoms with E-state index in [1.807, 2.05) is 6.92 Å². The van der Waals surface area contributed by atoms with E-state index in [-0.39, 0.29) is 24.3 Å². The molecule has 1 heterocycles. The van der Waals surface area contributed by atoms with Crippen molar-refractivity contribution < 1.29 is 13.8 Å². The van der Waals surface area contributed by atoms with Crippen molar-refractivity contribution in [1.82, 2.24) is 10.2 Å². The molecule has 1 aliphatic carbocycles. The first-order valence-electron chi connectivity index (χ1n) is 7.57. The maximum Gasteiger partial charge on any atom is 0.247 e. The summed E-state index contributed by atoms with van der Waals surface area (Å²) in [5.74, 6) is 1.05. The number of carbonyl (C=O) groups excluding carboxylic acids is 2. The Kier molecular flexibility index (Phi) is 5.72. The van der Waals surface area contributed by atoms with Gasteiger partial charge < -0.3 is 5.32 Å². The standard InChI is InChI=1S/C14H24N2O3S/c1-2-20(19)9-8-15-12-10-13(17)16(14(12)18)11-6-4-3-5-7-11/h11-12,15H,2-10H2,1H3. The summed E-state index contributed by atoms with van der Waals surface area (Å²) in [5, 5.41) is 3.09. The number of nitrogens with zero attached hydrogens (tertiary/aromatic N) is 1. The number of amides is 2. The fourth-order valence-electron chi connectivity index (χ4n) is 3.02. The second kappa shape index (κ2) is 7.31. The molecule has 1 saturated carbocycles. The number of hydrogen-bond acceptors (Lipinski definition) is 4.